The minimum absolute atomic E-state index is 0.110. The van der Waals surface area contributed by atoms with E-state index in [2.05, 4.69) is 21.6 Å². The van der Waals surface area contributed by atoms with Crippen molar-refractivity contribution in [3.63, 3.8) is 0 Å². The van der Waals surface area contributed by atoms with Gasteiger partial charge in [-0.3, -0.25) is 14.9 Å². The van der Waals surface area contributed by atoms with Crippen molar-refractivity contribution in [1.29, 1.82) is 0 Å². The quantitative estimate of drug-likeness (QED) is 0.362. The molecule has 0 bridgehead atoms. The van der Waals surface area contributed by atoms with E-state index in [9.17, 15) is 9.18 Å². The fourth-order valence-corrected chi connectivity index (χ4v) is 5.64. The summed E-state index contributed by atoms with van der Waals surface area (Å²) in [6.45, 7) is 5.49. The lowest BCUT2D eigenvalue weighted by atomic mass is 10.1. The van der Waals surface area contributed by atoms with E-state index in [1.807, 2.05) is 46.5 Å². The second kappa shape index (κ2) is 10.7. The van der Waals surface area contributed by atoms with Crippen LogP contribution in [0.3, 0.4) is 0 Å². The van der Waals surface area contributed by atoms with Crippen LogP contribution < -0.4 is 10.6 Å². The number of methoxy groups -OCH3 is 1. The van der Waals surface area contributed by atoms with Crippen LogP contribution in [-0.2, 0) is 17.7 Å². The van der Waals surface area contributed by atoms with Crippen LogP contribution in [0.5, 0.6) is 0 Å². The number of benzene rings is 1. The van der Waals surface area contributed by atoms with Crippen molar-refractivity contribution >= 4 is 11.8 Å². The molecule has 2 aliphatic rings. The number of fused-ring (bicyclic) bond motifs is 1. The number of nitrogens with zero attached hydrogens (tertiary/aromatic N) is 6. The summed E-state index contributed by atoms with van der Waals surface area (Å²) in [6, 6.07) is 12.6. The molecule has 204 valence electrons. The number of para-hydroxylation sites is 1. The van der Waals surface area contributed by atoms with Crippen LogP contribution in [0.1, 0.15) is 23.7 Å². The first-order valence-corrected chi connectivity index (χ1v) is 13.3. The molecule has 4 aromatic rings. The van der Waals surface area contributed by atoms with Crippen LogP contribution in [-0.4, -0.2) is 74.5 Å². The van der Waals surface area contributed by atoms with Gasteiger partial charge in [0.05, 0.1) is 24.4 Å². The Hall–Kier alpha value is -3.96. The summed E-state index contributed by atoms with van der Waals surface area (Å²) in [5.41, 5.74) is 4.42. The first kappa shape index (κ1) is 25.3. The molecular formula is C28H33FN8O2. The molecule has 2 amide bonds. The first-order valence-electron chi connectivity index (χ1n) is 13.3. The fraction of sp³-hybridized carbons (Fsp3) is 0.393. The number of ether oxygens (including phenoxy) is 1. The number of likely N-dealkylation sites (tertiary alicyclic amines) is 1. The number of aromatic nitrogens is 5. The zero-order valence-corrected chi connectivity index (χ0v) is 22.2. The molecular weight excluding hydrogens is 499 g/mol. The van der Waals surface area contributed by atoms with Gasteiger partial charge < -0.3 is 14.6 Å². The minimum atomic E-state index is -0.342. The molecule has 2 atom stereocenters. The third-order valence-corrected chi connectivity index (χ3v) is 7.62. The van der Waals surface area contributed by atoms with E-state index in [4.69, 9.17) is 14.9 Å². The second-order valence-electron chi connectivity index (χ2n) is 10.2. The number of hydrogen-bond donors (Lipinski definition) is 2. The van der Waals surface area contributed by atoms with E-state index in [0.717, 1.165) is 48.6 Å². The number of carbonyl (C=O) groups is 1. The van der Waals surface area contributed by atoms with Crippen LogP contribution in [0.4, 0.5) is 15.0 Å². The van der Waals surface area contributed by atoms with Crippen LogP contribution in [0.2, 0.25) is 0 Å². The number of anilines is 1. The molecule has 1 saturated heterocycles. The fourth-order valence-electron chi connectivity index (χ4n) is 5.64. The lowest BCUT2D eigenvalue weighted by molar-refractivity contribution is 0.158. The molecule has 5 heterocycles. The Kier molecular flexibility index (Phi) is 6.92. The number of amides is 2. The lowest BCUT2D eigenvalue weighted by Gasteiger charge is -2.22. The van der Waals surface area contributed by atoms with Crippen LogP contribution in [0, 0.1) is 12.7 Å². The number of carbonyl (C=O) groups excluding carboxylic acids is 1. The minimum Gasteiger partial charge on any atom is -0.383 e. The predicted octanol–water partition coefficient (Wildman–Crippen LogP) is 3.62. The average molecular weight is 533 g/mol. The zero-order chi connectivity index (χ0) is 26.9. The summed E-state index contributed by atoms with van der Waals surface area (Å²) in [5, 5.41) is 15.9. The Morgan fingerprint density at radius 1 is 1.18 bits per heavy atom. The van der Waals surface area contributed by atoms with Gasteiger partial charge in [0.2, 0.25) is 0 Å². The third-order valence-electron chi connectivity index (χ3n) is 7.62. The van der Waals surface area contributed by atoms with E-state index < -0.39 is 0 Å². The second-order valence-corrected chi connectivity index (χ2v) is 10.2. The molecule has 0 radical (unpaired) electrons. The maximum Gasteiger partial charge on any atom is 0.320 e. The highest BCUT2D eigenvalue weighted by atomic mass is 19.1. The van der Waals surface area contributed by atoms with Crippen molar-refractivity contribution in [2.75, 3.05) is 38.7 Å². The van der Waals surface area contributed by atoms with E-state index in [-0.39, 0.29) is 23.9 Å². The number of urea groups is 1. The summed E-state index contributed by atoms with van der Waals surface area (Å²) in [5.74, 6) is 0.286. The van der Waals surface area contributed by atoms with Gasteiger partial charge in [0.15, 0.2) is 0 Å². The first-order chi connectivity index (χ1) is 19.0. The van der Waals surface area contributed by atoms with Gasteiger partial charge in [-0.2, -0.15) is 10.2 Å². The topological polar surface area (TPSA) is 94.2 Å². The van der Waals surface area contributed by atoms with Gasteiger partial charge in [0.25, 0.3) is 0 Å². The van der Waals surface area contributed by atoms with E-state index >= 15 is 0 Å². The van der Waals surface area contributed by atoms with E-state index in [0.29, 0.717) is 25.5 Å². The van der Waals surface area contributed by atoms with Gasteiger partial charge in [-0.05, 0) is 44.0 Å². The van der Waals surface area contributed by atoms with E-state index in [1.54, 1.807) is 18.0 Å². The number of nitrogens with one attached hydrogen (secondary N) is 2. The molecule has 0 aliphatic carbocycles. The molecule has 39 heavy (non-hydrogen) atoms. The lowest BCUT2D eigenvalue weighted by Crippen LogP contribution is -2.43. The predicted molar refractivity (Wildman–Crippen MR) is 146 cm³/mol. The Labute approximate surface area is 226 Å². The molecule has 10 nitrogen and oxygen atoms in total. The number of halogens is 1. The van der Waals surface area contributed by atoms with Gasteiger partial charge in [-0.1, -0.05) is 18.2 Å². The van der Waals surface area contributed by atoms with Crippen LogP contribution in [0.15, 0.2) is 54.9 Å². The SMILES string of the molecule is COCCN1CC(NC(=O)Nc2c(C)c(-c3cc4n(n3)CCC4)nn2-c2ccccc2)C(n2ccc(F)c2)C1. The van der Waals surface area contributed by atoms with E-state index in [1.165, 1.54) is 18.0 Å². The normalized spacial score (nSPS) is 18.9. The summed E-state index contributed by atoms with van der Waals surface area (Å²) in [4.78, 5) is 15.7. The average Bonchev–Trinajstić information content (AvgIpc) is 3.74. The summed E-state index contributed by atoms with van der Waals surface area (Å²) < 4.78 is 24.7. The number of rotatable bonds is 8. The van der Waals surface area contributed by atoms with Crippen LogP contribution in [0.25, 0.3) is 17.1 Å². The molecule has 2 N–H and O–H groups in total. The van der Waals surface area contributed by atoms with Gasteiger partial charge in [0, 0.05) is 56.9 Å². The van der Waals surface area contributed by atoms with Crippen molar-refractivity contribution in [3.05, 3.63) is 71.9 Å². The Morgan fingerprint density at radius 2 is 2.03 bits per heavy atom. The van der Waals surface area contributed by atoms with Crippen molar-refractivity contribution in [2.45, 2.75) is 38.4 Å². The molecule has 2 unspecified atom stereocenters. The Bertz CT molecular complexity index is 1440. The molecule has 11 heteroatoms. The zero-order valence-electron chi connectivity index (χ0n) is 22.2. The summed E-state index contributed by atoms with van der Waals surface area (Å²) in [7, 11) is 1.67. The maximum atomic E-state index is 13.8. The van der Waals surface area contributed by atoms with Crippen LogP contribution >= 0.6 is 0 Å². The third kappa shape index (κ3) is 5.07. The molecule has 3 aromatic heterocycles. The molecule has 6 rings (SSSR count). The summed E-state index contributed by atoms with van der Waals surface area (Å²) >= 11 is 0. The molecule has 0 saturated carbocycles. The molecule has 2 aliphatic heterocycles. The molecule has 1 aromatic carbocycles. The number of aryl methyl sites for hydroxylation is 2. The standard InChI is InChI=1S/C28H33FN8O2/c1-19-26(23-15-22-9-6-11-36(22)32-23)33-37(21-7-4-3-5-8-21)27(19)31-28(38)30-24-17-34(13-14-39-2)18-25(24)35-12-10-20(29)16-35/h3-5,7-8,10,12,15-16,24-25H,6,9,11,13-14,17-18H2,1-2H3,(H2,30,31,38). The molecule has 0 spiro atoms. The highest BCUT2D eigenvalue weighted by Crippen LogP contribution is 2.32. The highest BCUT2D eigenvalue weighted by molar-refractivity contribution is 5.91. The monoisotopic (exact) mass is 532 g/mol. The van der Waals surface area contributed by atoms with Crippen molar-refractivity contribution in [3.8, 4) is 17.1 Å². The maximum absolute atomic E-state index is 13.8. The summed E-state index contributed by atoms with van der Waals surface area (Å²) in [6.07, 6.45) is 5.30. The van der Waals surface area contributed by atoms with Gasteiger partial charge >= 0.3 is 6.03 Å². The van der Waals surface area contributed by atoms with Gasteiger partial charge in [0.1, 0.15) is 23.0 Å². The Balaban J connectivity index is 1.27. The number of hydrogen-bond acceptors (Lipinski definition) is 5. The highest BCUT2D eigenvalue weighted by Gasteiger charge is 2.35. The van der Waals surface area contributed by atoms with Gasteiger partial charge in [-0.25, -0.2) is 13.9 Å². The van der Waals surface area contributed by atoms with Crippen molar-refractivity contribution < 1.29 is 13.9 Å². The van der Waals surface area contributed by atoms with Crippen molar-refractivity contribution in [2.24, 2.45) is 0 Å². The Morgan fingerprint density at radius 3 is 2.77 bits per heavy atom. The van der Waals surface area contributed by atoms with Gasteiger partial charge in [-0.15, -0.1) is 0 Å². The molecule has 1 fully saturated rings. The van der Waals surface area contributed by atoms with Crippen molar-refractivity contribution in [1.82, 2.24) is 34.3 Å². The largest absolute Gasteiger partial charge is 0.383 e. The smallest absolute Gasteiger partial charge is 0.320 e.